The number of nitrogens with zero attached hydrogens (tertiary/aromatic N) is 2. The van der Waals surface area contributed by atoms with E-state index in [9.17, 15) is 9.59 Å². The second kappa shape index (κ2) is 6.55. The predicted octanol–water partition coefficient (Wildman–Crippen LogP) is 2.69. The smallest absolute Gasteiger partial charge is 0.270 e. The maximum Gasteiger partial charge on any atom is 0.270 e. The van der Waals surface area contributed by atoms with Crippen LogP contribution in [0.1, 0.15) is 31.1 Å². The summed E-state index contributed by atoms with van der Waals surface area (Å²) >= 11 is 0. The van der Waals surface area contributed by atoms with E-state index >= 15 is 0 Å². The Labute approximate surface area is 146 Å². The first-order valence-corrected chi connectivity index (χ1v) is 8.25. The normalized spacial score (nSPS) is 17.8. The van der Waals surface area contributed by atoms with Crippen molar-refractivity contribution in [1.82, 2.24) is 4.98 Å². The van der Waals surface area contributed by atoms with E-state index in [2.05, 4.69) is 4.98 Å². The molecule has 2 atom stereocenters. The quantitative estimate of drug-likeness (QED) is 0.866. The molecule has 2 unspecified atom stereocenters. The number of hydrogen-bond donors (Lipinski definition) is 1. The molecule has 1 aromatic carbocycles. The summed E-state index contributed by atoms with van der Waals surface area (Å²) in [4.78, 5) is 31.5. The number of carbonyl (C=O) groups is 2. The predicted molar refractivity (Wildman–Crippen MR) is 95.6 cm³/mol. The molecule has 0 saturated heterocycles. The van der Waals surface area contributed by atoms with E-state index in [0.717, 1.165) is 0 Å². The number of amides is 1. The number of pyridine rings is 1. The van der Waals surface area contributed by atoms with Crippen LogP contribution in [-0.4, -0.2) is 28.8 Å². The van der Waals surface area contributed by atoms with E-state index in [4.69, 9.17) is 10.5 Å². The number of fused-ring (bicyclic) bond motifs is 1. The van der Waals surface area contributed by atoms with Gasteiger partial charge in [-0.15, -0.1) is 0 Å². The number of ketones is 1. The number of hydrogen-bond acceptors (Lipinski definition) is 5. The van der Waals surface area contributed by atoms with Gasteiger partial charge in [0.25, 0.3) is 5.91 Å². The van der Waals surface area contributed by atoms with Crippen molar-refractivity contribution in [3.8, 4) is 5.75 Å². The van der Waals surface area contributed by atoms with Crippen LogP contribution in [0.25, 0.3) is 0 Å². The van der Waals surface area contributed by atoms with Crippen LogP contribution in [0.15, 0.2) is 42.5 Å². The molecule has 0 saturated carbocycles. The fraction of sp³-hybridized carbons (Fsp3) is 0.316. The van der Waals surface area contributed by atoms with Gasteiger partial charge in [0.05, 0.1) is 6.04 Å². The molecule has 0 bridgehead atoms. The Morgan fingerprint density at radius 3 is 2.48 bits per heavy atom. The number of nitrogen functional groups attached to an aromatic ring is 1. The molecule has 1 aliphatic rings. The third kappa shape index (κ3) is 3.07. The Morgan fingerprint density at radius 1 is 1.16 bits per heavy atom. The minimum Gasteiger partial charge on any atom is -0.476 e. The summed E-state index contributed by atoms with van der Waals surface area (Å²) < 4.78 is 5.81. The monoisotopic (exact) mass is 339 g/mol. The van der Waals surface area contributed by atoms with E-state index in [-0.39, 0.29) is 23.4 Å². The molecule has 2 aromatic rings. The van der Waals surface area contributed by atoms with Crippen molar-refractivity contribution in [1.29, 1.82) is 0 Å². The molecular formula is C19H21N3O3. The molecule has 1 aromatic heterocycles. The molecule has 6 heteroatoms. The number of rotatable bonds is 4. The summed E-state index contributed by atoms with van der Waals surface area (Å²) in [6.07, 6.45) is -0.663. The number of nitrogens with two attached hydrogens (primary N) is 1. The summed E-state index contributed by atoms with van der Waals surface area (Å²) in [5, 5.41) is 0. The number of aromatic nitrogens is 1. The second-order valence-corrected chi connectivity index (χ2v) is 6.45. The Balaban J connectivity index is 2.04. The first kappa shape index (κ1) is 17.0. The van der Waals surface area contributed by atoms with E-state index in [1.807, 2.05) is 19.9 Å². The SMILES string of the molecule is CC(C)C1Oc2ccc(N)nc2N(C(C)C(=O)c2ccccc2)C1=O. The summed E-state index contributed by atoms with van der Waals surface area (Å²) in [5.74, 6) is 0.534. The molecule has 3 rings (SSSR count). The lowest BCUT2D eigenvalue weighted by Gasteiger charge is -2.37. The Kier molecular flexibility index (Phi) is 4.44. The van der Waals surface area contributed by atoms with Gasteiger partial charge >= 0.3 is 0 Å². The van der Waals surface area contributed by atoms with Crippen molar-refractivity contribution < 1.29 is 14.3 Å². The fourth-order valence-electron chi connectivity index (χ4n) is 2.90. The summed E-state index contributed by atoms with van der Waals surface area (Å²) in [6, 6.07) is 11.5. The van der Waals surface area contributed by atoms with Crippen molar-refractivity contribution in [2.24, 2.45) is 5.92 Å². The van der Waals surface area contributed by atoms with Crippen molar-refractivity contribution in [3.63, 3.8) is 0 Å². The maximum absolute atomic E-state index is 13.0. The number of ether oxygens (including phenoxy) is 1. The molecule has 2 heterocycles. The van der Waals surface area contributed by atoms with Gasteiger partial charge in [-0.1, -0.05) is 44.2 Å². The Hall–Kier alpha value is -2.89. The van der Waals surface area contributed by atoms with Gasteiger partial charge < -0.3 is 10.5 Å². The van der Waals surface area contributed by atoms with E-state index < -0.39 is 12.1 Å². The molecule has 130 valence electrons. The van der Waals surface area contributed by atoms with Crippen LogP contribution in [0.2, 0.25) is 0 Å². The zero-order chi connectivity index (χ0) is 18.1. The number of Topliss-reactive ketones (excluding diaryl/α,β-unsaturated/α-hetero) is 1. The third-order valence-corrected chi connectivity index (χ3v) is 4.25. The molecule has 2 N–H and O–H groups in total. The highest BCUT2D eigenvalue weighted by atomic mass is 16.5. The molecule has 0 fully saturated rings. The topological polar surface area (TPSA) is 85.5 Å². The molecule has 1 amide bonds. The van der Waals surface area contributed by atoms with Gasteiger partial charge in [0.2, 0.25) is 0 Å². The largest absolute Gasteiger partial charge is 0.476 e. The van der Waals surface area contributed by atoms with Crippen molar-refractivity contribution in [3.05, 3.63) is 48.0 Å². The first-order chi connectivity index (χ1) is 11.9. The van der Waals surface area contributed by atoms with Gasteiger partial charge in [-0.25, -0.2) is 4.98 Å². The molecule has 25 heavy (non-hydrogen) atoms. The number of benzene rings is 1. The molecule has 6 nitrogen and oxygen atoms in total. The summed E-state index contributed by atoms with van der Waals surface area (Å²) in [7, 11) is 0. The van der Waals surface area contributed by atoms with E-state index in [0.29, 0.717) is 17.1 Å². The molecule has 0 aliphatic carbocycles. The van der Waals surface area contributed by atoms with Crippen LogP contribution < -0.4 is 15.4 Å². The second-order valence-electron chi connectivity index (χ2n) is 6.45. The minimum atomic E-state index is -0.715. The average molecular weight is 339 g/mol. The van der Waals surface area contributed by atoms with Crippen LogP contribution in [-0.2, 0) is 4.79 Å². The first-order valence-electron chi connectivity index (χ1n) is 8.25. The van der Waals surface area contributed by atoms with Gasteiger partial charge in [0.15, 0.2) is 23.5 Å². The third-order valence-electron chi connectivity index (χ3n) is 4.25. The van der Waals surface area contributed by atoms with Gasteiger partial charge in [-0.3, -0.25) is 14.5 Å². The van der Waals surface area contributed by atoms with Crippen molar-refractivity contribution >= 4 is 23.3 Å². The van der Waals surface area contributed by atoms with Crippen LogP contribution in [0.3, 0.4) is 0 Å². The zero-order valence-electron chi connectivity index (χ0n) is 14.5. The van der Waals surface area contributed by atoms with Crippen LogP contribution in [0.4, 0.5) is 11.6 Å². The summed E-state index contributed by atoms with van der Waals surface area (Å²) in [5.41, 5.74) is 6.32. The Morgan fingerprint density at radius 2 is 1.84 bits per heavy atom. The van der Waals surface area contributed by atoms with Crippen molar-refractivity contribution in [2.45, 2.75) is 32.9 Å². The molecule has 0 spiro atoms. The number of carbonyl (C=O) groups excluding carboxylic acids is 2. The summed E-state index contributed by atoms with van der Waals surface area (Å²) in [6.45, 7) is 5.50. The maximum atomic E-state index is 13.0. The standard InChI is InChI=1S/C19H21N3O3/c1-11(2)17-19(24)22(18-14(25-17)9-10-15(20)21-18)12(3)16(23)13-7-5-4-6-8-13/h4-12,17H,1-3H3,(H2,20,21). The van der Waals surface area contributed by atoms with Crippen molar-refractivity contribution in [2.75, 3.05) is 10.6 Å². The molecule has 1 aliphatic heterocycles. The lowest BCUT2D eigenvalue weighted by Crippen LogP contribution is -2.54. The van der Waals surface area contributed by atoms with Gasteiger partial charge in [-0.05, 0) is 25.0 Å². The highest BCUT2D eigenvalue weighted by molar-refractivity contribution is 6.09. The van der Waals surface area contributed by atoms with Gasteiger partial charge in [-0.2, -0.15) is 0 Å². The van der Waals surface area contributed by atoms with Gasteiger partial charge in [0, 0.05) is 5.56 Å². The molecular weight excluding hydrogens is 318 g/mol. The zero-order valence-corrected chi connectivity index (χ0v) is 14.5. The molecule has 0 radical (unpaired) electrons. The van der Waals surface area contributed by atoms with E-state index in [1.165, 1.54) is 4.90 Å². The lowest BCUT2D eigenvalue weighted by atomic mass is 9.99. The van der Waals surface area contributed by atoms with Crippen LogP contribution in [0, 0.1) is 5.92 Å². The van der Waals surface area contributed by atoms with Crippen LogP contribution in [0.5, 0.6) is 5.75 Å². The lowest BCUT2D eigenvalue weighted by molar-refractivity contribution is -0.128. The van der Waals surface area contributed by atoms with E-state index in [1.54, 1.807) is 43.3 Å². The Bertz CT molecular complexity index is 805. The fourth-order valence-corrected chi connectivity index (χ4v) is 2.90. The minimum absolute atomic E-state index is 0.0419. The van der Waals surface area contributed by atoms with Gasteiger partial charge in [0.1, 0.15) is 5.82 Å². The number of anilines is 2. The highest BCUT2D eigenvalue weighted by Gasteiger charge is 2.41. The van der Waals surface area contributed by atoms with Crippen LogP contribution >= 0.6 is 0 Å². The average Bonchev–Trinajstić information content (AvgIpc) is 2.60. The highest BCUT2D eigenvalue weighted by Crippen LogP contribution is 2.36.